The summed E-state index contributed by atoms with van der Waals surface area (Å²) < 4.78 is 24.1. The molecule has 0 radical (unpaired) electrons. The van der Waals surface area contributed by atoms with Crippen molar-refractivity contribution in [2.45, 2.75) is 6.42 Å². The van der Waals surface area contributed by atoms with Crippen molar-refractivity contribution in [3.63, 3.8) is 0 Å². The molecular formula is C14H18ClN3O4S. The second-order valence-electron chi connectivity index (χ2n) is 5.34. The minimum atomic E-state index is -3.27. The number of benzene rings is 1. The molecule has 0 bridgehead atoms. The summed E-state index contributed by atoms with van der Waals surface area (Å²) in [5.74, 6) is -0.830. The van der Waals surface area contributed by atoms with Crippen molar-refractivity contribution in [1.29, 1.82) is 0 Å². The molecule has 1 aromatic carbocycles. The van der Waals surface area contributed by atoms with E-state index in [0.29, 0.717) is 17.3 Å². The highest BCUT2D eigenvalue weighted by Crippen LogP contribution is 2.26. The number of rotatable bonds is 6. The van der Waals surface area contributed by atoms with Gasteiger partial charge in [0.2, 0.25) is 21.8 Å². The minimum Gasteiger partial charge on any atom is -0.354 e. The number of halogens is 1. The van der Waals surface area contributed by atoms with Gasteiger partial charge in [0, 0.05) is 36.8 Å². The lowest BCUT2D eigenvalue weighted by atomic mass is 10.1. The topological polar surface area (TPSA) is 95.6 Å². The predicted molar refractivity (Wildman–Crippen MR) is 87.8 cm³/mol. The van der Waals surface area contributed by atoms with Gasteiger partial charge in [-0.25, -0.2) is 13.1 Å². The van der Waals surface area contributed by atoms with Gasteiger partial charge in [-0.2, -0.15) is 0 Å². The van der Waals surface area contributed by atoms with Crippen LogP contribution in [0, 0.1) is 5.92 Å². The van der Waals surface area contributed by atoms with E-state index in [4.69, 9.17) is 11.6 Å². The van der Waals surface area contributed by atoms with Crippen molar-refractivity contribution >= 4 is 39.1 Å². The first-order chi connectivity index (χ1) is 10.8. The molecule has 0 saturated carbocycles. The predicted octanol–water partition coefficient (Wildman–Crippen LogP) is 0.358. The SMILES string of the molecule is CS(=O)(=O)NCCNC(=O)[C@H]1CC(=O)N(c2ccc(Cl)cc2)C1. The highest BCUT2D eigenvalue weighted by molar-refractivity contribution is 7.88. The molecule has 126 valence electrons. The Hall–Kier alpha value is -1.64. The lowest BCUT2D eigenvalue weighted by Gasteiger charge is -2.16. The Bertz CT molecular complexity index is 690. The quantitative estimate of drug-likeness (QED) is 0.717. The van der Waals surface area contributed by atoms with Gasteiger partial charge in [-0.3, -0.25) is 9.59 Å². The van der Waals surface area contributed by atoms with Crippen molar-refractivity contribution in [3.05, 3.63) is 29.3 Å². The third-order valence-corrected chi connectivity index (χ3v) is 4.40. The Balaban J connectivity index is 1.86. The Morgan fingerprint density at radius 3 is 2.57 bits per heavy atom. The second-order valence-corrected chi connectivity index (χ2v) is 7.61. The molecule has 0 aliphatic carbocycles. The summed E-state index contributed by atoms with van der Waals surface area (Å²) >= 11 is 5.82. The first-order valence-electron chi connectivity index (χ1n) is 7.04. The summed E-state index contributed by atoms with van der Waals surface area (Å²) in [4.78, 5) is 25.7. The van der Waals surface area contributed by atoms with Crippen molar-refractivity contribution in [1.82, 2.24) is 10.0 Å². The molecule has 0 aromatic heterocycles. The lowest BCUT2D eigenvalue weighted by Crippen LogP contribution is -2.38. The van der Waals surface area contributed by atoms with E-state index < -0.39 is 15.9 Å². The number of hydrogen-bond donors (Lipinski definition) is 2. The Morgan fingerprint density at radius 1 is 1.30 bits per heavy atom. The molecule has 1 aliphatic rings. The molecule has 1 aliphatic heterocycles. The van der Waals surface area contributed by atoms with Crippen LogP contribution in [0.5, 0.6) is 0 Å². The van der Waals surface area contributed by atoms with Crippen LogP contribution in [0.1, 0.15) is 6.42 Å². The Kier molecular flexibility index (Phi) is 5.61. The number of hydrogen-bond acceptors (Lipinski definition) is 4. The molecule has 1 heterocycles. The lowest BCUT2D eigenvalue weighted by molar-refractivity contribution is -0.126. The van der Waals surface area contributed by atoms with Gasteiger partial charge in [0.1, 0.15) is 0 Å². The van der Waals surface area contributed by atoms with E-state index in [1.54, 1.807) is 29.2 Å². The van der Waals surface area contributed by atoms with Gasteiger partial charge in [0.05, 0.1) is 12.2 Å². The zero-order valence-corrected chi connectivity index (χ0v) is 14.2. The summed E-state index contributed by atoms with van der Waals surface area (Å²) in [6.45, 7) is 0.593. The summed E-state index contributed by atoms with van der Waals surface area (Å²) in [5.41, 5.74) is 0.702. The van der Waals surface area contributed by atoms with Gasteiger partial charge >= 0.3 is 0 Å². The number of anilines is 1. The molecule has 2 amide bonds. The maximum absolute atomic E-state index is 12.1. The molecule has 2 N–H and O–H groups in total. The van der Waals surface area contributed by atoms with Gasteiger partial charge < -0.3 is 10.2 Å². The highest BCUT2D eigenvalue weighted by atomic mass is 35.5. The van der Waals surface area contributed by atoms with Crippen LogP contribution in [0.4, 0.5) is 5.69 Å². The maximum Gasteiger partial charge on any atom is 0.227 e. The fourth-order valence-electron chi connectivity index (χ4n) is 2.32. The van der Waals surface area contributed by atoms with Crippen LogP contribution in [0.15, 0.2) is 24.3 Å². The first kappa shape index (κ1) is 17.7. The zero-order valence-electron chi connectivity index (χ0n) is 12.6. The fourth-order valence-corrected chi connectivity index (χ4v) is 2.92. The zero-order chi connectivity index (χ0) is 17.0. The third kappa shape index (κ3) is 5.19. The van der Waals surface area contributed by atoms with Crippen molar-refractivity contribution in [2.75, 3.05) is 30.8 Å². The average molecular weight is 360 g/mol. The van der Waals surface area contributed by atoms with Crippen LogP contribution < -0.4 is 14.9 Å². The number of sulfonamides is 1. The van der Waals surface area contributed by atoms with E-state index in [0.717, 1.165) is 6.26 Å². The van der Waals surface area contributed by atoms with E-state index in [1.165, 1.54) is 0 Å². The van der Waals surface area contributed by atoms with Crippen molar-refractivity contribution < 1.29 is 18.0 Å². The van der Waals surface area contributed by atoms with Crippen LogP contribution in [-0.2, 0) is 19.6 Å². The summed E-state index contributed by atoms with van der Waals surface area (Å²) in [6, 6.07) is 6.84. The van der Waals surface area contributed by atoms with Gasteiger partial charge in [-0.05, 0) is 24.3 Å². The standard InChI is InChI=1S/C14H18ClN3O4S/c1-23(21,22)17-7-6-16-14(20)10-8-13(19)18(9-10)12-4-2-11(15)3-5-12/h2-5,10,17H,6-9H2,1H3,(H,16,20)/t10-/m0/s1. The molecule has 2 rings (SSSR count). The molecular weight excluding hydrogens is 342 g/mol. The van der Waals surface area contributed by atoms with Crippen LogP contribution in [0.3, 0.4) is 0 Å². The number of nitrogens with zero attached hydrogens (tertiary/aromatic N) is 1. The summed E-state index contributed by atoms with van der Waals surface area (Å²) in [5, 5.41) is 3.21. The van der Waals surface area contributed by atoms with E-state index >= 15 is 0 Å². The van der Waals surface area contributed by atoms with Crippen LogP contribution in [-0.4, -0.2) is 46.1 Å². The monoisotopic (exact) mass is 359 g/mol. The Labute approximate surface area is 140 Å². The number of carbonyl (C=O) groups excluding carboxylic acids is 2. The molecule has 0 unspecified atom stereocenters. The van der Waals surface area contributed by atoms with E-state index in [-0.39, 0.29) is 31.3 Å². The van der Waals surface area contributed by atoms with E-state index in [1.807, 2.05) is 0 Å². The Morgan fingerprint density at radius 2 is 1.96 bits per heavy atom. The molecule has 23 heavy (non-hydrogen) atoms. The summed E-state index contributed by atoms with van der Waals surface area (Å²) in [7, 11) is -3.27. The number of carbonyl (C=O) groups is 2. The van der Waals surface area contributed by atoms with Crippen molar-refractivity contribution in [3.8, 4) is 0 Å². The molecule has 7 nitrogen and oxygen atoms in total. The van der Waals surface area contributed by atoms with Crippen molar-refractivity contribution in [2.24, 2.45) is 5.92 Å². The molecule has 1 aromatic rings. The molecule has 0 spiro atoms. The van der Waals surface area contributed by atoms with Crippen LogP contribution >= 0.6 is 11.6 Å². The minimum absolute atomic E-state index is 0.117. The first-order valence-corrected chi connectivity index (χ1v) is 9.31. The molecule has 1 atom stereocenters. The molecule has 1 fully saturated rings. The number of amides is 2. The van der Waals surface area contributed by atoms with E-state index in [9.17, 15) is 18.0 Å². The second kappa shape index (κ2) is 7.29. The van der Waals surface area contributed by atoms with Crippen LogP contribution in [0.2, 0.25) is 5.02 Å². The normalized spacial score (nSPS) is 18.3. The largest absolute Gasteiger partial charge is 0.354 e. The van der Waals surface area contributed by atoms with E-state index in [2.05, 4.69) is 10.0 Å². The average Bonchev–Trinajstić information content (AvgIpc) is 2.85. The smallest absolute Gasteiger partial charge is 0.227 e. The van der Waals surface area contributed by atoms with Gasteiger partial charge in [-0.15, -0.1) is 0 Å². The van der Waals surface area contributed by atoms with Gasteiger partial charge in [-0.1, -0.05) is 11.6 Å². The molecule has 9 heteroatoms. The van der Waals surface area contributed by atoms with Gasteiger partial charge in [0.15, 0.2) is 0 Å². The highest BCUT2D eigenvalue weighted by Gasteiger charge is 2.34. The number of nitrogens with one attached hydrogen (secondary N) is 2. The third-order valence-electron chi connectivity index (χ3n) is 3.42. The van der Waals surface area contributed by atoms with Gasteiger partial charge in [0.25, 0.3) is 0 Å². The summed E-state index contributed by atoms with van der Waals surface area (Å²) in [6.07, 6.45) is 1.18. The van der Waals surface area contributed by atoms with Crippen LogP contribution in [0.25, 0.3) is 0 Å². The maximum atomic E-state index is 12.1. The fraction of sp³-hybridized carbons (Fsp3) is 0.429. The molecule has 1 saturated heterocycles.